The van der Waals surface area contributed by atoms with Gasteiger partial charge in [0.15, 0.2) is 0 Å². The normalized spacial score (nSPS) is 52.4. The van der Waals surface area contributed by atoms with E-state index in [2.05, 4.69) is 33.1 Å². The van der Waals surface area contributed by atoms with Gasteiger partial charge in [0.25, 0.3) is 0 Å². The molecule has 0 bridgehead atoms. The number of nitrogens with one attached hydrogen (secondary N) is 1. The minimum atomic E-state index is 0.545. The van der Waals surface area contributed by atoms with Crippen molar-refractivity contribution in [3.05, 3.63) is 0 Å². The fourth-order valence-electron chi connectivity index (χ4n) is 3.43. The zero-order valence-electron chi connectivity index (χ0n) is 8.07. The molecule has 0 spiro atoms. The van der Waals surface area contributed by atoms with Gasteiger partial charge in [-0.25, -0.2) is 0 Å². The Morgan fingerprint density at radius 2 is 1.91 bits per heavy atom. The second-order valence-electron chi connectivity index (χ2n) is 5.14. The van der Waals surface area contributed by atoms with E-state index in [1.54, 1.807) is 0 Å². The summed E-state index contributed by atoms with van der Waals surface area (Å²) in [5.41, 5.74) is 1.14. The van der Waals surface area contributed by atoms with Crippen molar-refractivity contribution >= 4 is 0 Å². The topological polar surface area (TPSA) is 12.0 Å². The monoisotopic (exact) mass is 153 g/mol. The molecule has 0 heterocycles. The molecule has 0 aromatic carbocycles. The second-order valence-corrected chi connectivity index (χ2v) is 5.14. The molecular weight excluding hydrogens is 134 g/mol. The fourth-order valence-corrected chi connectivity index (χ4v) is 3.43. The zero-order valence-corrected chi connectivity index (χ0v) is 8.07. The Hall–Kier alpha value is -0.0400. The molecule has 3 atom stereocenters. The summed E-state index contributed by atoms with van der Waals surface area (Å²) < 4.78 is 0. The van der Waals surface area contributed by atoms with Gasteiger partial charge in [0.2, 0.25) is 0 Å². The summed E-state index contributed by atoms with van der Waals surface area (Å²) in [5, 5.41) is 3.52. The van der Waals surface area contributed by atoms with E-state index < -0.39 is 0 Å². The molecule has 2 aliphatic carbocycles. The van der Waals surface area contributed by atoms with Crippen LogP contribution in [-0.2, 0) is 0 Å². The third-order valence-corrected chi connectivity index (χ3v) is 4.12. The van der Waals surface area contributed by atoms with Crippen LogP contribution in [0.4, 0.5) is 0 Å². The van der Waals surface area contributed by atoms with Gasteiger partial charge in [-0.2, -0.15) is 0 Å². The molecule has 2 fully saturated rings. The summed E-state index contributed by atoms with van der Waals surface area (Å²) in [6, 6.07) is 0. The van der Waals surface area contributed by atoms with E-state index in [9.17, 15) is 0 Å². The van der Waals surface area contributed by atoms with E-state index >= 15 is 0 Å². The van der Waals surface area contributed by atoms with Crippen molar-refractivity contribution < 1.29 is 0 Å². The number of rotatable bonds is 1. The number of hydrogen-bond donors (Lipinski definition) is 1. The SMILES string of the molecule is CNC12CC1C(C)(C)CC2C. The summed E-state index contributed by atoms with van der Waals surface area (Å²) >= 11 is 0. The van der Waals surface area contributed by atoms with Gasteiger partial charge >= 0.3 is 0 Å². The molecule has 1 nitrogen and oxygen atoms in total. The number of hydrogen-bond acceptors (Lipinski definition) is 1. The Labute approximate surface area is 69.6 Å². The van der Waals surface area contributed by atoms with Crippen LogP contribution in [0, 0.1) is 17.3 Å². The molecule has 3 unspecified atom stereocenters. The van der Waals surface area contributed by atoms with Gasteiger partial charge in [0.05, 0.1) is 0 Å². The highest BCUT2D eigenvalue weighted by Gasteiger charge is 2.67. The maximum Gasteiger partial charge on any atom is 0.0241 e. The van der Waals surface area contributed by atoms with Gasteiger partial charge in [-0.3, -0.25) is 0 Å². The van der Waals surface area contributed by atoms with Gasteiger partial charge in [0.1, 0.15) is 0 Å². The molecule has 2 aliphatic rings. The van der Waals surface area contributed by atoms with Crippen LogP contribution in [0.5, 0.6) is 0 Å². The van der Waals surface area contributed by atoms with Crippen LogP contribution in [0.15, 0.2) is 0 Å². The van der Waals surface area contributed by atoms with Crippen LogP contribution in [0.2, 0.25) is 0 Å². The van der Waals surface area contributed by atoms with Crippen molar-refractivity contribution in [1.82, 2.24) is 5.32 Å². The largest absolute Gasteiger partial charge is 0.314 e. The maximum absolute atomic E-state index is 3.52. The third kappa shape index (κ3) is 0.752. The van der Waals surface area contributed by atoms with Crippen LogP contribution in [-0.4, -0.2) is 12.6 Å². The maximum atomic E-state index is 3.52. The molecule has 0 aromatic heterocycles. The Morgan fingerprint density at radius 3 is 2.09 bits per heavy atom. The smallest absolute Gasteiger partial charge is 0.0241 e. The highest BCUT2D eigenvalue weighted by atomic mass is 15.1. The van der Waals surface area contributed by atoms with E-state index in [1.807, 2.05) is 0 Å². The predicted molar refractivity (Wildman–Crippen MR) is 47.5 cm³/mol. The van der Waals surface area contributed by atoms with E-state index in [4.69, 9.17) is 0 Å². The Kier molecular flexibility index (Phi) is 1.26. The quantitative estimate of drug-likeness (QED) is 0.608. The van der Waals surface area contributed by atoms with Crippen molar-refractivity contribution in [3.8, 4) is 0 Å². The summed E-state index contributed by atoms with van der Waals surface area (Å²) in [6.07, 6.45) is 2.82. The molecule has 1 N–H and O–H groups in total. The second kappa shape index (κ2) is 1.82. The van der Waals surface area contributed by atoms with Gasteiger partial charge < -0.3 is 5.32 Å². The first-order valence-corrected chi connectivity index (χ1v) is 4.72. The lowest BCUT2D eigenvalue weighted by Gasteiger charge is -2.20. The summed E-state index contributed by atoms with van der Waals surface area (Å²) in [6.45, 7) is 7.23. The van der Waals surface area contributed by atoms with E-state index in [0.29, 0.717) is 11.0 Å². The van der Waals surface area contributed by atoms with E-state index in [0.717, 1.165) is 11.8 Å². The lowest BCUT2D eigenvalue weighted by molar-refractivity contribution is 0.302. The van der Waals surface area contributed by atoms with E-state index in [-0.39, 0.29) is 0 Å². The van der Waals surface area contributed by atoms with Gasteiger partial charge in [0, 0.05) is 5.54 Å². The third-order valence-electron chi connectivity index (χ3n) is 4.12. The van der Waals surface area contributed by atoms with E-state index in [1.165, 1.54) is 12.8 Å². The van der Waals surface area contributed by atoms with Crippen molar-refractivity contribution in [2.24, 2.45) is 17.3 Å². The van der Waals surface area contributed by atoms with Crippen LogP contribution in [0.25, 0.3) is 0 Å². The summed E-state index contributed by atoms with van der Waals surface area (Å²) in [5.74, 6) is 1.84. The summed E-state index contributed by atoms with van der Waals surface area (Å²) in [7, 11) is 2.12. The average Bonchev–Trinajstić information content (AvgIpc) is 2.57. The molecule has 2 saturated carbocycles. The molecule has 11 heavy (non-hydrogen) atoms. The van der Waals surface area contributed by atoms with Crippen molar-refractivity contribution in [2.75, 3.05) is 7.05 Å². The van der Waals surface area contributed by atoms with Crippen LogP contribution in [0.3, 0.4) is 0 Å². The van der Waals surface area contributed by atoms with Crippen LogP contribution < -0.4 is 5.32 Å². The van der Waals surface area contributed by atoms with Crippen LogP contribution in [0.1, 0.15) is 33.6 Å². The minimum absolute atomic E-state index is 0.545. The molecule has 0 aliphatic heterocycles. The highest BCUT2D eigenvalue weighted by Crippen LogP contribution is 2.66. The first-order valence-electron chi connectivity index (χ1n) is 4.72. The predicted octanol–water partition coefficient (Wildman–Crippen LogP) is 2.03. The molecule has 0 saturated heterocycles. The lowest BCUT2D eigenvalue weighted by Crippen LogP contribution is -2.33. The molecule has 1 heteroatoms. The first-order chi connectivity index (χ1) is 5.03. The Morgan fingerprint density at radius 1 is 1.27 bits per heavy atom. The standard InChI is InChI=1S/C10H19N/c1-7-5-9(2,3)8-6-10(7,8)11-4/h7-8,11H,5-6H2,1-4H3. The van der Waals surface area contributed by atoms with Gasteiger partial charge in [-0.1, -0.05) is 20.8 Å². The lowest BCUT2D eigenvalue weighted by atomic mass is 9.85. The minimum Gasteiger partial charge on any atom is -0.314 e. The molecule has 0 aromatic rings. The average molecular weight is 153 g/mol. The fraction of sp³-hybridized carbons (Fsp3) is 1.00. The van der Waals surface area contributed by atoms with Crippen molar-refractivity contribution in [2.45, 2.75) is 39.2 Å². The molecular formula is C10H19N. The number of fused-ring (bicyclic) bond motifs is 1. The molecule has 2 rings (SSSR count). The van der Waals surface area contributed by atoms with Crippen molar-refractivity contribution in [1.29, 1.82) is 0 Å². The van der Waals surface area contributed by atoms with Gasteiger partial charge in [-0.05, 0) is 37.1 Å². The summed E-state index contributed by atoms with van der Waals surface area (Å²) in [4.78, 5) is 0. The van der Waals surface area contributed by atoms with Crippen LogP contribution >= 0.6 is 0 Å². The Balaban J connectivity index is 2.23. The van der Waals surface area contributed by atoms with Gasteiger partial charge in [-0.15, -0.1) is 0 Å². The van der Waals surface area contributed by atoms with Crippen molar-refractivity contribution in [3.63, 3.8) is 0 Å². The first kappa shape index (κ1) is 7.60. The Bertz CT molecular complexity index is 185. The zero-order chi connectivity index (χ0) is 8.28. The molecule has 0 amide bonds. The molecule has 0 radical (unpaired) electrons. The highest BCUT2D eigenvalue weighted by molar-refractivity contribution is 5.22. The molecule has 64 valence electrons.